The lowest BCUT2D eigenvalue weighted by Crippen LogP contribution is -2.32. The van der Waals surface area contributed by atoms with Gasteiger partial charge < -0.3 is 24.4 Å². The quantitative estimate of drug-likeness (QED) is 0.290. The Morgan fingerprint density at radius 1 is 1.06 bits per heavy atom. The third-order valence-corrected chi connectivity index (χ3v) is 5.71. The molecule has 1 heterocycles. The Hall–Kier alpha value is -3.39. The topological polar surface area (TPSA) is 79.3 Å². The van der Waals surface area contributed by atoms with E-state index in [1.807, 2.05) is 32.8 Å². The molecule has 8 heteroatoms. The number of hydrogen-bond acceptors (Lipinski definition) is 6. The van der Waals surface area contributed by atoms with Gasteiger partial charge in [-0.2, -0.15) is 0 Å². The predicted molar refractivity (Wildman–Crippen MR) is 132 cm³/mol. The first-order valence-corrected chi connectivity index (χ1v) is 11.9. The number of ether oxygens (including phenoxy) is 2. The Morgan fingerprint density at radius 3 is 2.40 bits per heavy atom. The number of amides is 1. The lowest BCUT2D eigenvalue weighted by Gasteiger charge is -2.26. The summed E-state index contributed by atoms with van der Waals surface area (Å²) in [7, 11) is 3.87. The number of rotatable bonds is 11. The number of carbonyl (C=O) groups is 2. The lowest BCUT2D eigenvalue weighted by atomic mass is 9.95. The van der Waals surface area contributed by atoms with E-state index in [4.69, 9.17) is 9.47 Å². The second kappa shape index (κ2) is 11.8. The summed E-state index contributed by atoms with van der Waals surface area (Å²) in [5.41, 5.74) is 0.844. The minimum atomic E-state index is -0.818. The molecule has 2 aromatic carbocycles. The number of hydrogen-bond donors (Lipinski definition) is 1. The molecule has 0 saturated carbocycles. The second-order valence-electron chi connectivity index (χ2n) is 8.64. The molecular weight excluding hydrogens is 451 g/mol. The molecule has 188 valence electrons. The number of benzene rings is 2. The smallest absolute Gasteiger partial charge is 0.295 e. The van der Waals surface area contributed by atoms with Gasteiger partial charge in [0.05, 0.1) is 24.8 Å². The van der Waals surface area contributed by atoms with Gasteiger partial charge in [-0.25, -0.2) is 4.39 Å². The maximum absolute atomic E-state index is 13.5. The van der Waals surface area contributed by atoms with Crippen LogP contribution in [0.15, 0.2) is 48.0 Å². The molecule has 0 spiro atoms. The first kappa shape index (κ1) is 26.2. The summed E-state index contributed by atoms with van der Waals surface area (Å²) in [6.45, 7) is 5.84. The van der Waals surface area contributed by atoms with Crippen LogP contribution in [-0.4, -0.2) is 67.0 Å². The number of nitrogens with zero attached hydrogens (tertiary/aromatic N) is 2. The van der Waals surface area contributed by atoms with Crippen LogP contribution in [0.25, 0.3) is 5.76 Å². The first-order valence-electron chi connectivity index (χ1n) is 11.9. The van der Waals surface area contributed by atoms with E-state index < -0.39 is 23.5 Å². The average Bonchev–Trinajstić information content (AvgIpc) is 3.08. The Labute approximate surface area is 205 Å². The van der Waals surface area contributed by atoms with E-state index in [9.17, 15) is 19.1 Å². The number of aliphatic hydroxyl groups excluding tert-OH is 1. The fourth-order valence-electron chi connectivity index (χ4n) is 4.07. The maximum atomic E-state index is 13.5. The number of carbonyl (C=O) groups excluding carboxylic acids is 2. The van der Waals surface area contributed by atoms with Gasteiger partial charge in [0, 0.05) is 12.1 Å². The van der Waals surface area contributed by atoms with Gasteiger partial charge in [0.2, 0.25) is 0 Å². The van der Waals surface area contributed by atoms with Crippen LogP contribution in [-0.2, 0) is 9.59 Å². The highest BCUT2D eigenvalue weighted by Crippen LogP contribution is 2.42. The maximum Gasteiger partial charge on any atom is 0.295 e. The van der Waals surface area contributed by atoms with Crippen LogP contribution in [0.3, 0.4) is 0 Å². The summed E-state index contributed by atoms with van der Waals surface area (Å²) >= 11 is 0. The summed E-state index contributed by atoms with van der Waals surface area (Å²) in [6, 6.07) is 9.63. The molecule has 1 amide bonds. The van der Waals surface area contributed by atoms with Crippen LogP contribution in [0.1, 0.15) is 43.9 Å². The Bertz CT molecular complexity index is 1080. The van der Waals surface area contributed by atoms with Crippen molar-refractivity contribution in [3.8, 4) is 11.5 Å². The van der Waals surface area contributed by atoms with Gasteiger partial charge in [-0.3, -0.25) is 9.59 Å². The zero-order chi connectivity index (χ0) is 25.5. The van der Waals surface area contributed by atoms with Crippen LogP contribution in [0.5, 0.6) is 11.5 Å². The van der Waals surface area contributed by atoms with Crippen molar-refractivity contribution in [2.45, 2.75) is 32.7 Å². The Kier molecular flexibility index (Phi) is 8.87. The van der Waals surface area contributed by atoms with Gasteiger partial charge >= 0.3 is 0 Å². The molecule has 0 aromatic heterocycles. The predicted octanol–water partition coefficient (Wildman–Crippen LogP) is 4.39. The molecule has 0 radical (unpaired) electrons. The monoisotopic (exact) mass is 484 g/mol. The normalized spacial score (nSPS) is 17.3. The molecule has 0 aliphatic carbocycles. The second-order valence-corrected chi connectivity index (χ2v) is 8.64. The standard InChI is InChI=1S/C27H33FN2O5/c1-5-16-35-21-13-10-19(17-22(21)34-6-2)24-23(25(31)18-8-11-20(28)12-9-18)26(32)27(33)30(24)15-7-14-29(3)4/h8-13,17,24,31H,5-7,14-16H2,1-4H3/b25-23+. The summed E-state index contributed by atoms with van der Waals surface area (Å²) in [5.74, 6) is -1.19. The van der Waals surface area contributed by atoms with Crippen LogP contribution >= 0.6 is 0 Å². The molecule has 1 aliphatic heterocycles. The molecule has 35 heavy (non-hydrogen) atoms. The van der Waals surface area contributed by atoms with Gasteiger partial charge in [-0.05, 0) is 82.4 Å². The SMILES string of the molecule is CCCOc1ccc(C2/C(=C(\O)c3ccc(F)cc3)C(=O)C(=O)N2CCCN(C)C)cc1OCC. The van der Waals surface area contributed by atoms with E-state index in [-0.39, 0.29) is 16.9 Å². The van der Waals surface area contributed by atoms with Crippen LogP contribution in [0.4, 0.5) is 4.39 Å². The van der Waals surface area contributed by atoms with E-state index in [1.165, 1.54) is 29.2 Å². The third-order valence-electron chi connectivity index (χ3n) is 5.71. The van der Waals surface area contributed by atoms with Crippen molar-refractivity contribution in [3.63, 3.8) is 0 Å². The van der Waals surface area contributed by atoms with Gasteiger partial charge in [0.15, 0.2) is 11.5 Å². The van der Waals surface area contributed by atoms with Gasteiger partial charge in [0.1, 0.15) is 11.6 Å². The van der Waals surface area contributed by atoms with Crippen molar-refractivity contribution in [2.24, 2.45) is 0 Å². The Morgan fingerprint density at radius 2 is 1.77 bits per heavy atom. The molecule has 1 atom stereocenters. The van der Waals surface area contributed by atoms with Crippen molar-refractivity contribution in [1.29, 1.82) is 0 Å². The first-order chi connectivity index (χ1) is 16.8. The van der Waals surface area contributed by atoms with Crippen molar-refractivity contribution in [1.82, 2.24) is 9.80 Å². The third kappa shape index (κ3) is 6.00. The van der Waals surface area contributed by atoms with E-state index >= 15 is 0 Å². The fraction of sp³-hybridized carbons (Fsp3) is 0.407. The van der Waals surface area contributed by atoms with Crippen LogP contribution in [0.2, 0.25) is 0 Å². The van der Waals surface area contributed by atoms with Gasteiger partial charge in [0.25, 0.3) is 11.7 Å². The molecule has 1 aliphatic rings. The van der Waals surface area contributed by atoms with Crippen molar-refractivity contribution < 1.29 is 28.6 Å². The lowest BCUT2D eigenvalue weighted by molar-refractivity contribution is -0.139. The van der Waals surface area contributed by atoms with Gasteiger partial charge in [-0.1, -0.05) is 13.0 Å². The van der Waals surface area contributed by atoms with E-state index in [2.05, 4.69) is 0 Å². The summed E-state index contributed by atoms with van der Waals surface area (Å²) in [5, 5.41) is 11.1. The van der Waals surface area contributed by atoms with Crippen LogP contribution in [0, 0.1) is 5.82 Å². The average molecular weight is 485 g/mol. The molecule has 3 rings (SSSR count). The highest BCUT2D eigenvalue weighted by atomic mass is 19.1. The minimum absolute atomic E-state index is 0.0314. The van der Waals surface area contributed by atoms with Crippen LogP contribution < -0.4 is 9.47 Å². The molecule has 2 aromatic rings. The Balaban J connectivity index is 2.12. The molecule has 0 bridgehead atoms. The van der Waals surface area contributed by atoms with Crippen molar-refractivity contribution >= 4 is 17.4 Å². The summed E-state index contributed by atoms with van der Waals surface area (Å²) < 4.78 is 25.0. The molecule has 1 unspecified atom stereocenters. The number of aliphatic hydroxyl groups is 1. The molecule has 1 fully saturated rings. The van der Waals surface area contributed by atoms with Gasteiger partial charge in [-0.15, -0.1) is 0 Å². The minimum Gasteiger partial charge on any atom is -0.507 e. The number of Topliss-reactive ketones (excluding diaryl/α,β-unsaturated/α-hetero) is 1. The van der Waals surface area contributed by atoms with E-state index in [0.29, 0.717) is 43.2 Å². The van der Waals surface area contributed by atoms with E-state index in [0.717, 1.165) is 13.0 Å². The van der Waals surface area contributed by atoms with Crippen molar-refractivity contribution in [3.05, 3.63) is 65.0 Å². The fourth-order valence-corrected chi connectivity index (χ4v) is 4.07. The molecule has 7 nitrogen and oxygen atoms in total. The molecule has 1 saturated heterocycles. The zero-order valence-corrected chi connectivity index (χ0v) is 20.7. The summed E-state index contributed by atoms with van der Waals surface area (Å²) in [6.07, 6.45) is 1.47. The van der Waals surface area contributed by atoms with Crippen molar-refractivity contribution in [2.75, 3.05) is 40.4 Å². The van der Waals surface area contributed by atoms with E-state index in [1.54, 1.807) is 18.2 Å². The summed E-state index contributed by atoms with van der Waals surface area (Å²) in [4.78, 5) is 29.7. The highest BCUT2D eigenvalue weighted by molar-refractivity contribution is 6.46. The number of halogens is 1. The molecular formula is C27H33FN2O5. The number of likely N-dealkylation sites (tertiary alicyclic amines) is 1. The highest BCUT2D eigenvalue weighted by Gasteiger charge is 2.46. The largest absolute Gasteiger partial charge is 0.507 e. The number of ketones is 1. The molecule has 1 N–H and O–H groups in total. The zero-order valence-electron chi connectivity index (χ0n) is 20.7.